The van der Waals surface area contributed by atoms with Crippen molar-refractivity contribution in [3.05, 3.63) is 47.0 Å². The van der Waals surface area contributed by atoms with E-state index in [2.05, 4.69) is 66.8 Å². The number of carboxylic acid groups (broad SMARTS) is 1. The molecule has 0 saturated heterocycles. The number of aliphatic hydroxyl groups is 1. The Bertz CT molecular complexity index is 1610. The molecule has 2 aromatic rings. The van der Waals surface area contributed by atoms with Crippen molar-refractivity contribution in [3.63, 3.8) is 0 Å². The van der Waals surface area contributed by atoms with Crippen molar-refractivity contribution >= 4 is 69.9 Å². The molecular weight excluding hydrogens is 1070 g/mol. The molecule has 388 valence electrons. The zero-order valence-electron chi connectivity index (χ0n) is 39.5. The predicted octanol–water partition coefficient (Wildman–Crippen LogP) is 7.56. The number of hydrogen-bond donors (Lipinski definition) is 10. The van der Waals surface area contributed by atoms with E-state index < -0.39 is 5.97 Å². The Hall–Kier alpha value is 0.309. The molecular formula is C47H78Cl4Mn2N10O3S2. The van der Waals surface area contributed by atoms with Gasteiger partial charge in [-0.3, -0.25) is 14.8 Å². The molecule has 4 bridgehead atoms. The summed E-state index contributed by atoms with van der Waals surface area (Å²) in [6.07, 6.45) is 21.1. The number of hydrogen-bond acceptors (Lipinski definition) is 14. The average molecular weight is 1150 g/mol. The molecule has 13 nitrogen and oxygen atoms in total. The maximum absolute atomic E-state index is 11.1. The van der Waals surface area contributed by atoms with Gasteiger partial charge in [0.05, 0.1) is 28.5 Å². The third-order valence-corrected chi connectivity index (χ3v) is 15.9. The summed E-state index contributed by atoms with van der Waals surface area (Å²) in [4.78, 5) is 23.3. The molecule has 2 aromatic heterocycles. The topological polar surface area (TPSA) is 180 Å². The SMILES string of the molecule is O=C(O)CSc1cc2nc(c1)CN[C@@H]1CCCC[C@H]1NCCN[C@@H]1CCCC[C@H]1NC2.OCCCSc1cc2nc(c1)CN[C@@H]1CCCC[C@H]1NCCN[C@@H]1CCCC[C@H]1NC2.[Cl][Mn][Cl].[Cl][Mn][Cl]. The standard InChI is InChI=1S/C24H41N5OS.C23H37N5O2S.4ClH.2Mn/c30-12-5-13-31-20-14-18-16-27-23-8-3-1-6-21(23)25-10-11-26-22-7-2-4-9-24(22)28-17-19(15-20)29-18;29-23(30)15-31-18-11-16-13-26-21-7-3-1-5-19(21)24-9-10-25-20-6-2-4-8-22(20)27-14-17(12-18)28-16;;;;;;/h14-15,21-28,30H,1-13,16-17H2;11-12,19-22,24-27H,1-10,13-15H2,(H,29,30);4*1H;;/q;;;;;;2*+2/p-4/t21-,22-,23-,24-;19-,20-,21-,22-;;;;;;/m11....../s1. The van der Waals surface area contributed by atoms with Crippen LogP contribution in [-0.2, 0) is 57.2 Å². The number of aromatic nitrogens is 2. The number of pyridine rings is 2. The first kappa shape index (κ1) is 59.2. The van der Waals surface area contributed by atoms with Gasteiger partial charge >= 0.3 is 72.6 Å². The van der Waals surface area contributed by atoms with Gasteiger partial charge in [0.25, 0.3) is 0 Å². The quantitative estimate of drug-likeness (QED) is 0.0746. The summed E-state index contributed by atoms with van der Waals surface area (Å²) in [6.45, 7) is 7.47. The van der Waals surface area contributed by atoms with Crippen molar-refractivity contribution in [3.8, 4) is 0 Å². The number of nitrogens with zero attached hydrogens (tertiary/aromatic N) is 2. The average Bonchev–Trinajstić information content (AvgIpc) is 3.35. The number of halogens is 4. The van der Waals surface area contributed by atoms with Crippen LogP contribution in [0, 0.1) is 0 Å². The summed E-state index contributed by atoms with van der Waals surface area (Å²) >= 11 is 3.23. The second-order valence-corrected chi connectivity index (χ2v) is 24.7. The number of rotatable bonds is 7. The van der Waals surface area contributed by atoms with E-state index in [-0.39, 0.29) is 38.6 Å². The first-order chi connectivity index (χ1) is 33.3. The summed E-state index contributed by atoms with van der Waals surface area (Å²) < 4.78 is 0. The molecule has 10 N–H and O–H groups in total. The normalized spacial score (nSPS) is 28.2. The maximum atomic E-state index is 11.1. The van der Waals surface area contributed by atoms with Crippen LogP contribution in [0.5, 0.6) is 0 Å². The number of fused-ring (bicyclic) bond motifs is 8. The van der Waals surface area contributed by atoms with Gasteiger partial charge in [-0.1, -0.05) is 51.4 Å². The molecule has 0 unspecified atom stereocenters. The van der Waals surface area contributed by atoms with Crippen molar-refractivity contribution in [1.82, 2.24) is 52.5 Å². The van der Waals surface area contributed by atoms with Gasteiger partial charge in [0.1, 0.15) is 0 Å². The Morgan fingerprint density at radius 3 is 1.03 bits per heavy atom. The van der Waals surface area contributed by atoms with Crippen LogP contribution in [0.2, 0.25) is 0 Å². The van der Waals surface area contributed by atoms with Crippen molar-refractivity contribution in [2.75, 3.05) is 44.3 Å². The molecule has 4 aliphatic carbocycles. The molecule has 2 aliphatic heterocycles. The number of thioether (sulfide) groups is 2. The van der Waals surface area contributed by atoms with E-state index >= 15 is 0 Å². The first-order valence-electron chi connectivity index (χ1n) is 25.0. The van der Waals surface area contributed by atoms with Crippen molar-refractivity contribution in [2.45, 2.75) is 193 Å². The molecule has 4 saturated carbocycles. The summed E-state index contributed by atoms with van der Waals surface area (Å²) in [7, 11) is 19.2. The van der Waals surface area contributed by atoms with Gasteiger partial charge in [-0.2, -0.15) is 0 Å². The first-order valence-corrected chi connectivity index (χ1v) is 33.5. The van der Waals surface area contributed by atoms with Crippen molar-refractivity contribution < 1.29 is 41.3 Å². The van der Waals surface area contributed by atoms with Gasteiger partial charge in [0.15, 0.2) is 0 Å². The van der Waals surface area contributed by atoms with Gasteiger partial charge in [0.2, 0.25) is 0 Å². The number of aliphatic carboxylic acids is 1. The van der Waals surface area contributed by atoms with Crippen LogP contribution in [-0.4, -0.2) is 119 Å². The van der Waals surface area contributed by atoms with Crippen LogP contribution >= 0.6 is 63.9 Å². The van der Waals surface area contributed by atoms with Crippen LogP contribution in [0.1, 0.15) is 132 Å². The van der Waals surface area contributed by atoms with Gasteiger partial charge in [-0.25, -0.2) is 0 Å². The fraction of sp³-hybridized carbons (Fsp3) is 0.766. The van der Waals surface area contributed by atoms with E-state index in [9.17, 15) is 4.79 Å². The third kappa shape index (κ3) is 22.4. The van der Waals surface area contributed by atoms with E-state index in [4.69, 9.17) is 60.6 Å². The molecule has 6 aliphatic rings. The van der Waals surface area contributed by atoms with E-state index in [0.29, 0.717) is 48.3 Å². The zero-order valence-corrected chi connectivity index (χ0v) is 46.5. The zero-order chi connectivity index (χ0) is 48.2. The molecule has 8 rings (SSSR count). The van der Waals surface area contributed by atoms with Crippen molar-refractivity contribution in [1.29, 1.82) is 0 Å². The van der Waals surface area contributed by atoms with E-state index in [1.165, 1.54) is 119 Å². The molecule has 68 heavy (non-hydrogen) atoms. The second-order valence-electron chi connectivity index (χ2n) is 18.6. The molecule has 8 atom stereocenters. The van der Waals surface area contributed by atoms with Crippen LogP contribution in [0.3, 0.4) is 0 Å². The molecule has 0 aromatic carbocycles. The number of aliphatic hydroxyl groups excluding tert-OH is 1. The molecule has 0 radical (unpaired) electrons. The van der Waals surface area contributed by atoms with E-state index in [0.717, 1.165) is 92.2 Å². The summed E-state index contributed by atoms with van der Waals surface area (Å²) in [5.41, 5.74) is 4.29. The Kier molecular flexibility index (Phi) is 30.9. The van der Waals surface area contributed by atoms with Crippen LogP contribution in [0.25, 0.3) is 0 Å². The second kappa shape index (κ2) is 35.5. The predicted molar refractivity (Wildman–Crippen MR) is 276 cm³/mol. The minimum absolute atomic E-state index is 0.00694. The van der Waals surface area contributed by atoms with Crippen LogP contribution in [0.4, 0.5) is 0 Å². The van der Waals surface area contributed by atoms with Gasteiger partial charge in [-0.05, 0) is 82.1 Å². The Balaban J connectivity index is 0.000000228. The van der Waals surface area contributed by atoms with Crippen molar-refractivity contribution in [2.24, 2.45) is 0 Å². The fourth-order valence-corrected chi connectivity index (χ4v) is 12.3. The molecule has 21 heteroatoms. The van der Waals surface area contributed by atoms with Gasteiger partial charge in [0, 0.05) is 123 Å². The van der Waals surface area contributed by atoms with Gasteiger partial charge < -0.3 is 52.7 Å². The third-order valence-electron chi connectivity index (χ3n) is 13.9. The molecule has 0 amide bonds. The number of carboxylic acids is 1. The van der Waals surface area contributed by atoms with E-state index in [1.54, 1.807) is 0 Å². The monoisotopic (exact) mass is 1140 g/mol. The summed E-state index contributed by atoms with van der Waals surface area (Å²) in [6, 6.07) is 12.7. The Morgan fingerprint density at radius 1 is 0.500 bits per heavy atom. The summed E-state index contributed by atoms with van der Waals surface area (Å²) in [5, 5.41) is 48.7. The molecule has 4 fully saturated rings. The van der Waals surface area contributed by atoms with Crippen LogP contribution in [0.15, 0.2) is 34.1 Å². The fourth-order valence-electron chi connectivity index (χ4n) is 10.6. The molecule has 4 heterocycles. The van der Waals surface area contributed by atoms with Crippen LogP contribution < -0.4 is 42.5 Å². The molecule has 0 spiro atoms. The Labute approximate surface area is 444 Å². The summed E-state index contributed by atoms with van der Waals surface area (Å²) in [5.74, 6) is 0.239. The Morgan fingerprint density at radius 2 is 0.765 bits per heavy atom. The minimum atomic E-state index is -0.785. The van der Waals surface area contributed by atoms with Gasteiger partial charge in [-0.15, -0.1) is 23.5 Å². The number of carbonyl (C=O) groups is 1. The van der Waals surface area contributed by atoms with E-state index in [1.807, 2.05) is 11.8 Å². The number of nitrogens with one attached hydrogen (secondary N) is 8.